The summed E-state index contributed by atoms with van der Waals surface area (Å²) < 4.78 is 1.28. The van der Waals surface area contributed by atoms with Crippen LogP contribution in [0.3, 0.4) is 0 Å². The average Bonchev–Trinajstić information content (AvgIpc) is 2.46. The number of aliphatic carboxylic acids is 1. The van der Waals surface area contributed by atoms with Gasteiger partial charge in [0, 0.05) is 6.07 Å². The molecular formula is C8H8N4O3. The average molecular weight is 208 g/mol. The Morgan fingerprint density at radius 3 is 3.07 bits per heavy atom. The molecule has 2 aromatic heterocycles. The van der Waals surface area contributed by atoms with Crippen LogP contribution in [0, 0.1) is 6.92 Å². The first-order chi connectivity index (χ1) is 7.08. The number of carboxylic acids is 1. The number of nitrogens with one attached hydrogen (secondary N) is 1. The first-order valence-corrected chi connectivity index (χ1v) is 4.23. The highest BCUT2D eigenvalue weighted by Crippen LogP contribution is 2.03. The Bertz CT molecular complexity index is 583. The zero-order valence-corrected chi connectivity index (χ0v) is 7.89. The fourth-order valence-corrected chi connectivity index (χ4v) is 1.40. The maximum Gasteiger partial charge on any atom is 0.349 e. The summed E-state index contributed by atoms with van der Waals surface area (Å²) in [5.41, 5.74) is 0.382. The van der Waals surface area contributed by atoms with Crippen molar-refractivity contribution in [1.29, 1.82) is 0 Å². The monoisotopic (exact) mass is 208 g/mol. The summed E-state index contributed by atoms with van der Waals surface area (Å²) in [7, 11) is 0. The zero-order valence-electron chi connectivity index (χ0n) is 7.89. The first kappa shape index (κ1) is 9.38. The molecule has 0 saturated carbocycles. The van der Waals surface area contributed by atoms with E-state index < -0.39 is 5.97 Å². The first-order valence-electron chi connectivity index (χ1n) is 4.23. The van der Waals surface area contributed by atoms with Crippen LogP contribution < -0.4 is 5.69 Å². The van der Waals surface area contributed by atoms with Crippen LogP contribution in [0.15, 0.2) is 10.9 Å². The van der Waals surface area contributed by atoms with Crippen LogP contribution in [0.2, 0.25) is 0 Å². The van der Waals surface area contributed by atoms with Gasteiger partial charge in [0.25, 0.3) is 0 Å². The largest absolute Gasteiger partial charge is 0.481 e. The van der Waals surface area contributed by atoms with Crippen molar-refractivity contribution in [3.05, 3.63) is 28.1 Å². The molecule has 7 heteroatoms. The van der Waals surface area contributed by atoms with E-state index in [2.05, 4.69) is 15.2 Å². The van der Waals surface area contributed by atoms with Crippen molar-refractivity contribution in [3.63, 3.8) is 0 Å². The molecule has 78 valence electrons. The number of aryl methyl sites for hydroxylation is 1. The van der Waals surface area contributed by atoms with Crippen molar-refractivity contribution in [2.24, 2.45) is 0 Å². The van der Waals surface area contributed by atoms with E-state index in [-0.39, 0.29) is 12.1 Å². The standard InChI is InChI=1S/C8H8N4O3/c1-4-9-5(3-7(13)14)2-6-10-11-8(15)12(4)6/h2H,3H2,1H3,(H,11,15)(H,13,14). The molecule has 2 N–H and O–H groups in total. The van der Waals surface area contributed by atoms with Crippen LogP contribution in [-0.4, -0.2) is 30.7 Å². The summed E-state index contributed by atoms with van der Waals surface area (Å²) in [6.45, 7) is 1.62. The Kier molecular flexibility index (Phi) is 2.00. The van der Waals surface area contributed by atoms with Crippen LogP contribution in [0.4, 0.5) is 0 Å². The maximum atomic E-state index is 11.2. The molecule has 2 aromatic rings. The molecule has 0 aliphatic heterocycles. The zero-order chi connectivity index (χ0) is 11.0. The molecule has 0 radical (unpaired) electrons. The molecule has 0 unspecified atom stereocenters. The summed E-state index contributed by atoms with van der Waals surface area (Å²) in [6, 6.07) is 1.47. The summed E-state index contributed by atoms with van der Waals surface area (Å²) in [6.07, 6.45) is -0.182. The van der Waals surface area contributed by atoms with E-state index in [1.165, 1.54) is 10.5 Å². The molecule has 0 spiro atoms. The molecule has 0 aliphatic rings. The molecule has 2 rings (SSSR count). The minimum atomic E-state index is -0.968. The Morgan fingerprint density at radius 1 is 1.67 bits per heavy atom. The minimum Gasteiger partial charge on any atom is -0.481 e. The van der Waals surface area contributed by atoms with Crippen molar-refractivity contribution >= 4 is 11.6 Å². The third-order valence-electron chi connectivity index (χ3n) is 1.96. The highest BCUT2D eigenvalue weighted by atomic mass is 16.4. The van der Waals surface area contributed by atoms with Gasteiger partial charge in [-0.3, -0.25) is 4.79 Å². The van der Waals surface area contributed by atoms with Gasteiger partial charge in [-0.15, -0.1) is 0 Å². The van der Waals surface area contributed by atoms with E-state index in [1.54, 1.807) is 6.92 Å². The highest BCUT2D eigenvalue weighted by Gasteiger charge is 2.08. The van der Waals surface area contributed by atoms with E-state index in [0.717, 1.165) is 0 Å². The van der Waals surface area contributed by atoms with E-state index in [4.69, 9.17) is 5.11 Å². The van der Waals surface area contributed by atoms with Crippen LogP contribution in [0.25, 0.3) is 5.65 Å². The molecule has 0 aromatic carbocycles. The molecule has 0 amide bonds. The van der Waals surface area contributed by atoms with Crippen molar-refractivity contribution in [1.82, 2.24) is 19.6 Å². The maximum absolute atomic E-state index is 11.2. The summed E-state index contributed by atoms with van der Waals surface area (Å²) in [4.78, 5) is 25.7. The molecule has 0 aliphatic carbocycles. The Morgan fingerprint density at radius 2 is 2.40 bits per heavy atom. The third-order valence-corrected chi connectivity index (χ3v) is 1.96. The lowest BCUT2D eigenvalue weighted by atomic mass is 10.3. The van der Waals surface area contributed by atoms with Crippen LogP contribution in [0.5, 0.6) is 0 Å². The second-order valence-electron chi connectivity index (χ2n) is 3.09. The lowest BCUT2D eigenvalue weighted by Gasteiger charge is -2.00. The Hall–Kier alpha value is -2.18. The predicted octanol–water partition coefficient (Wildman–Crippen LogP) is -0.647. The van der Waals surface area contributed by atoms with E-state index in [0.29, 0.717) is 17.2 Å². The summed E-state index contributed by atoms with van der Waals surface area (Å²) in [5, 5.41) is 14.6. The smallest absolute Gasteiger partial charge is 0.349 e. The number of nitrogens with zero attached hydrogens (tertiary/aromatic N) is 3. The van der Waals surface area contributed by atoms with Crippen molar-refractivity contribution in [3.8, 4) is 0 Å². The topological polar surface area (TPSA) is 100 Å². The fraction of sp³-hybridized carbons (Fsp3) is 0.250. The fourth-order valence-electron chi connectivity index (χ4n) is 1.40. The summed E-state index contributed by atoms with van der Waals surface area (Å²) in [5.74, 6) is -0.549. The van der Waals surface area contributed by atoms with Gasteiger partial charge in [-0.25, -0.2) is 19.3 Å². The molecule has 0 saturated heterocycles. The molecule has 0 bridgehead atoms. The SMILES string of the molecule is Cc1nc(CC(=O)O)cc2n[nH]c(=O)n12. The number of rotatable bonds is 2. The normalized spacial score (nSPS) is 10.7. The second-order valence-corrected chi connectivity index (χ2v) is 3.09. The van der Waals surface area contributed by atoms with E-state index in [1.807, 2.05) is 0 Å². The van der Waals surface area contributed by atoms with Gasteiger partial charge < -0.3 is 5.11 Å². The van der Waals surface area contributed by atoms with Crippen molar-refractivity contribution in [2.45, 2.75) is 13.3 Å². The number of aromatic amines is 1. The molecule has 0 fully saturated rings. The molecule has 15 heavy (non-hydrogen) atoms. The van der Waals surface area contributed by atoms with Crippen LogP contribution in [-0.2, 0) is 11.2 Å². The molecular weight excluding hydrogens is 200 g/mol. The quantitative estimate of drug-likeness (QED) is 0.683. The van der Waals surface area contributed by atoms with Gasteiger partial charge in [-0.05, 0) is 6.92 Å². The molecule has 2 heterocycles. The number of H-pyrrole nitrogens is 1. The number of carbonyl (C=O) groups is 1. The number of fused-ring (bicyclic) bond motifs is 1. The van der Waals surface area contributed by atoms with Gasteiger partial charge in [-0.1, -0.05) is 0 Å². The minimum absolute atomic E-state index is 0.182. The van der Waals surface area contributed by atoms with E-state index in [9.17, 15) is 9.59 Å². The summed E-state index contributed by atoms with van der Waals surface area (Å²) >= 11 is 0. The van der Waals surface area contributed by atoms with Gasteiger partial charge in [0.05, 0.1) is 12.1 Å². The number of aromatic nitrogens is 4. The Balaban J connectivity index is 2.63. The van der Waals surface area contributed by atoms with Gasteiger partial charge >= 0.3 is 11.7 Å². The number of hydrogen-bond acceptors (Lipinski definition) is 4. The van der Waals surface area contributed by atoms with Crippen molar-refractivity contribution < 1.29 is 9.90 Å². The van der Waals surface area contributed by atoms with Gasteiger partial charge in [-0.2, -0.15) is 5.10 Å². The van der Waals surface area contributed by atoms with Crippen LogP contribution >= 0.6 is 0 Å². The lowest BCUT2D eigenvalue weighted by Crippen LogP contribution is -2.14. The van der Waals surface area contributed by atoms with Crippen LogP contribution in [0.1, 0.15) is 11.5 Å². The predicted molar refractivity (Wildman–Crippen MR) is 49.7 cm³/mol. The van der Waals surface area contributed by atoms with Gasteiger partial charge in [0.2, 0.25) is 0 Å². The lowest BCUT2D eigenvalue weighted by molar-refractivity contribution is -0.136. The highest BCUT2D eigenvalue weighted by molar-refractivity contribution is 5.70. The molecule has 0 atom stereocenters. The van der Waals surface area contributed by atoms with Gasteiger partial charge in [0.15, 0.2) is 5.65 Å². The van der Waals surface area contributed by atoms with Gasteiger partial charge in [0.1, 0.15) is 5.82 Å². The number of carboxylic acid groups (broad SMARTS) is 1. The second kappa shape index (κ2) is 3.19. The Labute approximate surface area is 83.4 Å². The third kappa shape index (κ3) is 1.58. The number of hydrogen-bond donors (Lipinski definition) is 2. The van der Waals surface area contributed by atoms with Crippen molar-refractivity contribution in [2.75, 3.05) is 0 Å². The molecule has 7 nitrogen and oxygen atoms in total. The van der Waals surface area contributed by atoms with E-state index >= 15 is 0 Å².